The summed E-state index contributed by atoms with van der Waals surface area (Å²) in [5, 5.41) is 9.80. The van der Waals surface area contributed by atoms with Crippen molar-refractivity contribution in [3.05, 3.63) is 29.8 Å². The third kappa shape index (κ3) is 4.17. The highest BCUT2D eigenvalue weighted by molar-refractivity contribution is 5.76. The minimum Gasteiger partial charge on any atom is -0.508 e. The molecule has 1 amide bonds. The van der Waals surface area contributed by atoms with Crippen LogP contribution in [0.3, 0.4) is 0 Å². The largest absolute Gasteiger partial charge is 0.508 e. The molecule has 1 aromatic carbocycles. The van der Waals surface area contributed by atoms with E-state index in [9.17, 15) is 9.90 Å². The number of benzene rings is 1. The predicted octanol–water partition coefficient (Wildman–Crippen LogP) is 3.87. The smallest absolute Gasteiger partial charge is 0.222 e. The molecule has 3 atom stereocenters. The van der Waals surface area contributed by atoms with Gasteiger partial charge in [0.1, 0.15) is 5.75 Å². The van der Waals surface area contributed by atoms with Gasteiger partial charge < -0.3 is 14.7 Å². The Morgan fingerprint density at radius 3 is 2.92 bits per heavy atom. The molecule has 4 nitrogen and oxygen atoms in total. The summed E-state index contributed by atoms with van der Waals surface area (Å²) in [5.74, 6) is 0.939. The molecule has 0 aromatic heterocycles. The van der Waals surface area contributed by atoms with E-state index in [4.69, 9.17) is 4.74 Å². The first kappa shape index (κ1) is 18.2. The molecule has 3 unspecified atom stereocenters. The summed E-state index contributed by atoms with van der Waals surface area (Å²) in [7, 11) is 0. The molecule has 25 heavy (non-hydrogen) atoms. The normalized spacial score (nSPS) is 30.2. The second-order valence-corrected chi connectivity index (χ2v) is 7.99. The molecule has 2 heterocycles. The van der Waals surface area contributed by atoms with Crippen LogP contribution in [0.25, 0.3) is 0 Å². The molecule has 138 valence electrons. The Hall–Kier alpha value is -1.55. The molecular formula is C21H31NO3. The first-order chi connectivity index (χ1) is 12.0. The summed E-state index contributed by atoms with van der Waals surface area (Å²) in [6.45, 7) is 6.90. The van der Waals surface area contributed by atoms with E-state index in [2.05, 4.69) is 19.9 Å². The van der Waals surface area contributed by atoms with Gasteiger partial charge in [0.05, 0.1) is 6.10 Å². The van der Waals surface area contributed by atoms with Crippen LogP contribution in [0.4, 0.5) is 0 Å². The summed E-state index contributed by atoms with van der Waals surface area (Å²) in [4.78, 5) is 14.6. The quantitative estimate of drug-likeness (QED) is 0.901. The van der Waals surface area contributed by atoms with Crippen LogP contribution in [0.15, 0.2) is 24.3 Å². The highest BCUT2D eigenvalue weighted by atomic mass is 16.5. The van der Waals surface area contributed by atoms with E-state index in [1.807, 2.05) is 17.0 Å². The number of likely N-dealkylation sites (tertiary alicyclic amines) is 1. The number of aromatic hydroxyl groups is 1. The second kappa shape index (κ2) is 7.77. The van der Waals surface area contributed by atoms with Crippen molar-refractivity contribution in [2.45, 2.75) is 63.9 Å². The fraction of sp³-hybridized carbons (Fsp3) is 0.667. The lowest BCUT2D eigenvalue weighted by Gasteiger charge is -2.45. The molecule has 0 spiro atoms. The minimum atomic E-state index is 0.00199. The monoisotopic (exact) mass is 345 g/mol. The van der Waals surface area contributed by atoms with Gasteiger partial charge in [-0.25, -0.2) is 0 Å². The van der Waals surface area contributed by atoms with Gasteiger partial charge in [0, 0.05) is 26.1 Å². The van der Waals surface area contributed by atoms with Crippen molar-refractivity contribution in [1.29, 1.82) is 0 Å². The molecular weight excluding hydrogens is 314 g/mol. The number of phenols is 1. The standard InChI is InChI=1S/C21H31NO3/c1-16-15-22(20(24)10-9-19-8-3-4-13-25-19)12-11-21(16,2)17-6-5-7-18(23)14-17/h5-7,14,16,19,23H,3-4,8-13,15H2,1-2H3. The average molecular weight is 345 g/mol. The molecule has 1 aromatic rings. The summed E-state index contributed by atoms with van der Waals surface area (Å²) >= 11 is 0. The van der Waals surface area contributed by atoms with Gasteiger partial charge in [-0.3, -0.25) is 4.79 Å². The van der Waals surface area contributed by atoms with E-state index in [0.29, 0.717) is 18.1 Å². The topological polar surface area (TPSA) is 49.8 Å². The van der Waals surface area contributed by atoms with Crippen molar-refractivity contribution in [1.82, 2.24) is 4.90 Å². The van der Waals surface area contributed by atoms with Crippen LogP contribution in [0, 0.1) is 5.92 Å². The number of nitrogens with zero attached hydrogens (tertiary/aromatic N) is 1. The Balaban J connectivity index is 1.56. The van der Waals surface area contributed by atoms with E-state index in [-0.39, 0.29) is 17.4 Å². The number of rotatable bonds is 4. The molecule has 1 N–H and O–H groups in total. The van der Waals surface area contributed by atoms with Crippen LogP contribution in [0.5, 0.6) is 5.75 Å². The van der Waals surface area contributed by atoms with Gasteiger partial charge in [-0.2, -0.15) is 0 Å². The van der Waals surface area contributed by atoms with Crippen molar-refractivity contribution in [2.75, 3.05) is 19.7 Å². The Labute approximate surface area is 151 Å². The SMILES string of the molecule is CC1CN(C(=O)CCC2CCCCO2)CCC1(C)c1cccc(O)c1. The van der Waals surface area contributed by atoms with Crippen LogP contribution in [-0.2, 0) is 14.9 Å². The van der Waals surface area contributed by atoms with Crippen LogP contribution in [0.1, 0.15) is 57.9 Å². The zero-order valence-electron chi connectivity index (χ0n) is 15.5. The molecule has 0 aliphatic carbocycles. The van der Waals surface area contributed by atoms with Crippen LogP contribution in [0.2, 0.25) is 0 Å². The number of carbonyl (C=O) groups is 1. The maximum Gasteiger partial charge on any atom is 0.222 e. The number of piperidine rings is 1. The first-order valence-electron chi connectivity index (χ1n) is 9.68. The van der Waals surface area contributed by atoms with Crippen molar-refractivity contribution in [3.8, 4) is 5.75 Å². The van der Waals surface area contributed by atoms with E-state index in [0.717, 1.165) is 45.4 Å². The van der Waals surface area contributed by atoms with Gasteiger partial charge in [0.2, 0.25) is 5.91 Å². The highest BCUT2D eigenvalue weighted by Crippen LogP contribution is 2.40. The molecule has 2 aliphatic heterocycles. The predicted molar refractivity (Wildman–Crippen MR) is 98.6 cm³/mol. The summed E-state index contributed by atoms with van der Waals surface area (Å²) < 4.78 is 5.74. The number of amides is 1. The van der Waals surface area contributed by atoms with Crippen LogP contribution < -0.4 is 0 Å². The lowest BCUT2D eigenvalue weighted by Crippen LogP contribution is -2.49. The third-order valence-corrected chi connectivity index (χ3v) is 6.30. The fourth-order valence-electron chi connectivity index (χ4n) is 4.23. The van der Waals surface area contributed by atoms with Crippen LogP contribution >= 0.6 is 0 Å². The summed E-state index contributed by atoms with van der Waals surface area (Å²) in [6.07, 6.45) is 6.14. The Morgan fingerprint density at radius 1 is 1.40 bits per heavy atom. The number of phenolic OH excluding ortho intramolecular Hbond substituents is 1. The molecule has 2 saturated heterocycles. The van der Waals surface area contributed by atoms with Gasteiger partial charge in [-0.1, -0.05) is 26.0 Å². The maximum absolute atomic E-state index is 12.6. The van der Waals surface area contributed by atoms with E-state index >= 15 is 0 Å². The van der Waals surface area contributed by atoms with Crippen molar-refractivity contribution in [2.24, 2.45) is 5.92 Å². The Kier molecular flexibility index (Phi) is 5.67. The van der Waals surface area contributed by atoms with E-state index < -0.39 is 0 Å². The molecule has 2 fully saturated rings. The number of carbonyl (C=O) groups excluding carboxylic acids is 1. The van der Waals surface area contributed by atoms with Gasteiger partial charge in [-0.05, 0) is 61.1 Å². The van der Waals surface area contributed by atoms with Crippen molar-refractivity contribution in [3.63, 3.8) is 0 Å². The summed E-state index contributed by atoms with van der Waals surface area (Å²) in [5.41, 5.74) is 1.17. The Morgan fingerprint density at radius 2 is 2.24 bits per heavy atom. The average Bonchev–Trinajstić information content (AvgIpc) is 2.63. The van der Waals surface area contributed by atoms with Gasteiger partial charge in [-0.15, -0.1) is 0 Å². The Bertz CT molecular complexity index is 597. The van der Waals surface area contributed by atoms with E-state index in [1.165, 1.54) is 12.0 Å². The van der Waals surface area contributed by atoms with Crippen molar-refractivity contribution < 1.29 is 14.6 Å². The molecule has 0 bridgehead atoms. The minimum absolute atomic E-state index is 0.00199. The van der Waals surface area contributed by atoms with Crippen LogP contribution in [-0.4, -0.2) is 41.7 Å². The summed E-state index contributed by atoms with van der Waals surface area (Å²) in [6, 6.07) is 7.58. The fourth-order valence-corrected chi connectivity index (χ4v) is 4.23. The third-order valence-electron chi connectivity index (χ3n) is 6.30. The van der Waals surface area contributed by atoms with Gasteiger partial charge in [0.15, 0.2) is 0 Å². The zero-order valence-corrected chi connectivity index (χ0v) is 15.5. The number of hydrogen-bond acceptors (Lipinski definition) is 3. The molecule has 3 rings (SSSR count). The van der Waals surface area contributed by atoms with Gasteiger partial charge >= 0.3 is 0 Å². The maximum atomic E-state index is 12.6. The van der Waals surface area contributed by atoms with E-state index in [1.54, 1.807) is 6.07 Å². The number of ether oxygens (including phenoxy) is 1. The lowest BCUT2D eigenvalue weighted by atomic mass is 9.68. The highest BCUT2D eigenvalue weighted by Gasteiger charge is 2.39. The van der Waals surface area contributed by atoms with Crippen molar-refractivity contribution >= 4 is 5.91 Å². The lowest BCUT2D eigenvalue weighted by molar-refractivity contribution is -0.135. The zero-order chi connectivity index (χ0) is 17.9. The molecule has 2 aliphatic rings. The molecule has 0 radical (unpaired) electrons. The first-order valence-corrected chi connectivity index (χ1v) is 9.68. The molecule has 0 saturated carbocycles. The molecule has 4 heteroatoms. The van der Waals surface area contributed by atoms with Gasteiger partial charge in [0.25, 0.3) is 0 Å². The number of hydrogen-bond donors (Lipinski definition) is 1. The second-order valence-electron chi connectivity index (χ2n) is 7.99.